The zero-order valence-electron chi connectivity index (χ0n) is 15.5. The fourth-order valence-electron chi connectivity index (χ4n) is 3.25. The van der Waals surface area contributed by atoms with Crippen molar-refractivity contribution in [2.45, 2.75) is 6.42 Å². The highest BCUT2D eigenvalue weighted by molar-refractivity contribution is 5.92. The molecule has 1 fully saturated rings. The molecule has 8 heteroatoms. The zero-order valence-corrected chi connectivity index (χ0v) is 15.5. The van der Waals surface area contributed by atoms with Gasteiger partial charge in [0, 0.05) is 50.4 Å². The lowest BCUT2D eigenvalue weighted by atomic mass is 9.96. The number of carbonyl (C=O) groups is 1. The van der Waals surface area contributed by atoms with Crippen LogP contribution in [-0.2, 0) is 13.5 Å². The van der Waals surface area contributed by atoms with Gasteiger partial charge >= 0.3 is 6.03 Å². The summed E-state index contributed by atoms with van der Waals surface area (Å²) in [5.74, 6) is 1.40. The van der Waals surface area contributed by atoms with Gasteiger partial charge in [-0.1, -0.05) is 0 Å². The van der Waals surface area contributed by atoms with Crippen molar-refractivity contribution >= 4 is 17.5 Å². The molecule has 3 N–H and O–H groups in total. The van der Waals surface area contributed by atoms with Gasteiger partial charge in [0.25, 0.3) is 0 Å². The van der Waals surface area contributed by atoms with E-state index in [1.54, 1.807) is 35.4 Å². The molecule has 2 aromatic heterocycles. The van der Waals surface area contributed by atoms with Crippen molar-refractivity contribution in [1.82, 2.24) is 19.4 Å². The number of nitrogen functional groups attached to an aromatic ring is 1. The van der Waals surface area contributed by atoms with Crippen LogP contribution in [0.1, 0.15) is 5.82 Å². The topological polar surface area (TPSA) is 89.1 Å². The number of carbonyl (C=O) groups excluding carboxylic acids is 1. The molecule has 28 heavy (non-hydrogen) atoms. The van der Waals surface area contributed by atoms with Crippen molar-refractivity contribution in [2.75, 3.05) is 24.1 Å². The number of hydrogen-bond acceptors (Lipinski definition) is 4. The molecule has 0 aliphatic carbocycles. The summed E-state index contributed by atoms with van der Waals surface area (Å²) in [7, 11) is 1.97. The minimum absolute atomic E-state index is 0.230. The number of nitrogens with two attached hydrogens (primary N) is 1. The maximum absolute atomic E-state index is 13.1. The Hall–Kier alpha value is -3.42. The standard InChI is InChI=1S/C20H21FN6O/c1-26-9-8-23-18(26)10-13-11-27(12-13)20(28)25-19-16(22)6-7-17(24-19)14-2-4-15(21)5-3-14/h2-9,13H,10-12,22H2,1H3,(H,24,25,28). The van der Waals surface area contributed by atoms with Crippen molar-refractivity contribution < 1.29 is 9.18 Å². The van der Waals surface area contributed by atoms with Gasteiger partial charge in [0.05, 0.1) is 11.4 Å². The van der Waals surface area contributed by atoms with E-state index in [9.17, 15) is 9.18 Å². The summed E-state index contributed by atoms with van der Waals surface area (Å²) in [5.41, 5.74) is 7.70. The molecule has 1 aliphatic rings. The molecular weight excluding hydrogens is 359 g/mol. The molecule has 0 atom stereocenters. The smallest absolute Gasteiger partial charge is 0.323 e. The molecule has 0 spiro atoms. The summed E-state index contributed by atoms with van der Waals surface area (Å²) in [6.45, 7) is 1.33. The Labute approximate surface area is 162 Å². The molecule has 3 aromatic rings. The summed E-state index contributed by atoms with van der Waals surface area (Å²) in [6, 6.07) is 9.20. The van der Waals surface area contributed by atoms with E-state index in [2.05, 4.69) is 15.3 Å². The summed E-state index contributed by atoms with van der Waals surface area (Å²) in [5, 5.41) is 2.78. The molecule has 1 aliphatic heterocycles. The summed E-state index contributed by atoms with van der Waals surface area (Å²) in [4.78, 5) is 23.0. The Balaban J connectivity index is 1.39. The Morgan fingerprint density at radius 1 is 1.25 bits per heavy atom. The van der Waals surface area contributed by atoms with Crippen LogP contribution in [0, 0.1) is 11.7 Å². The monoisotopic (exact) mass is 380 g/mol. The summed E-state index contributed by atoms with van der Waals surface area (Å²) in [6.07, 6.45) is 4.54. The fraction of sp³-hybridized carbons (Fsp3) is 0.250. The van der Waals surface area contributed by atoms with Crippen molar-refractivity contribution in [3.05, 3.63) is 60.4 Å². The molecule has 0 unspecified atom stereocenters. The molecular formula is C20H21FN6O. The lowest BCUT2D eigenvalue weighted by Gasteiger charge is -2.39. The van der Waals surface area contributed by atoms with Crippen LogP contribution in [0.15, 0.2) is 48.8 Å². The van der Waals surface area contributed by atoms with E-state index in [4.69, 9.17) is 5.73 Å². The van der Waals surface area contributed by atoms with Crippen LogP contribution in [0.25, 0.3) is 11.3 Å². The molecule has 144 valence electrons. The van der Waals surface area contributed by atoms with Crippen LogP contribution in [-0.4, -0.2) is 38.6 Å². The van der Waals surface area contributed by atoms with Gasteiger partial charge in [-0.15, -0.1) is 0 Å². The van der Waals surface area contributed by atoms with Gasteiger partial charge < -0.3 is 15.2 Å². The van der Waals surface area contributed by atoms with E-state index in [1.165, 1.54) is 12.1 Å². The van der Waals surface area contributed by atoms with Crippen LogP contribution >= 0.6 is 0 Å². The second kappa shape index (κ2) is 7.30. The molecule has 0 radical (unpaired) electrons. The van der Waals surface area contributed by atoms with E-state index in [0.29, 0.717) is 36.2 Å². The number of aromatic nitrogens is 3. The molecule has 3 heterocycles. The number of aryl methyl sites for hydroxylation is 1. The molecule has 0 bridgehead atoms. The van der Waals surface area contributed by atoms with E-state index in [1.807, 2.05) is 17.8 Å². The minimum Gasteiger partial charge on any atom is -0.396 e. The predicted octanol–water partition coefficient (Wildman–Crippen LogP) is 2.91. The van der Waals surface area contributed by atoms with Gasteiger partial charge in [-0.05, 0) is 36.4 Å². The number of pyridine rings is 1. The van der Waals surface area contributed by atoms with Crippen molar-refractivity contribution in [2.24, 2.45) is 13.0 Å². The first-order valence-corrected chi connectivity index (χ1v) is 9.04. The number of amides is 2. The van der Waals surface area contributed by atoms with Gasteiger partial charge in [-0.3, -0.25) is 5.32 Å². The minimum atomic E-state index is -0.314. The summed E-state index contributed by atoms with van der Waals surface area (Å²) < 4.78 is 15.1. The SMILES string of the molecule is Cn1ccnc1CC1CN(C(=O)Nc2nc(-c3ccc(F)cc3)ccc2N)C1. The number of anilines is 2. The lowest BCUT2D eigenvalue weighted by Crippen LogP contribution is -2.52. The summed E-state index contributed by atoms with van der Waals surface area (Å²) >= 11 is 0. The first kappa shape index (κ1) is 18.0. The lowest BCUT2D eigenvalue weighted by molar-refractivity contribution is 0.129. The average Bonchev–Trinajstić information content (AvgIpc) is 3.05. The maximum atomic E-state index is 13.1. The largest absolute Gasteiger partial charge is 0.396 e. The zero-order chi connectivity index (χ0) is 19.7. The van der Waals surface area contributed by atoms with E-state index < -0.39 is 0 Å². The number of urea groups is 1. The van der Waals surface area contributed by atoms with E-state index in [0.717, 1.165) is 17.8 Å². The van der Waals surface area contributed by atoms with Gasteiger partial charge in [0.15, 0.2) is 5.82 Å². The quantitative estimate of drug-likeness (QED) is 0.728. The van der Waals surface area contributed by atoms with Crippen molar-refractivity contribution in [3.63, 3.8) is 0 Å². The van der Waals surface area contributed by atoms with E-state index in [-0.39, 0.29) is 11.8 Å². The number of halogens is 1. The normalized spacial score (nSPS) is 14.0. The number of rotatable bonds is 4. The third-order valence-electron chi connectivity index (χ3n) is 4.93. The van der Waals surface area contributed by atoms with Crippen LogP contribution in [0.4, 0.5) is 20.7 Å². The number of imidazole rings is 1. The Bertz CT molecular complexity index is 994. The second-order valence-electron chi connectivity index (χ2n) is 7.00. The highest BCUT2D eigenvalue weighted by atomic mass is 19.1. The van der Waals surface area contributed by atoms with E-state index >= 15 is 0 Å². The average molecular weight is 380 g/mol. The molecule has 0 saturated carbocycles. The van der Waals surface area contributed by atoms with Gasteiger partial charge in [0.2, 0.25) is 0 Å². The second-order valence-corrected chi connectivity index (χ2v) is 7.00. The number of benzene rings is 1. The third-order valence-corrected chi connectivity index (χ3v) is 4.93. The molecule has 1 saturated heterocycles. The van der Waals surface area contributed by atoms with Crippen molar-refractivity contribution in [1.29, 1.82) is 0 Å². The molecule has 2 amide bonds. The van der Waals surface area contributed by atoms with Crippen LogP contribution in [0.5, 0.6) is 0 Å². The first-order chi connectivity index (χ1) is 13.5. The highest BCUT2D eigenvalue weighted by Crippen LogP contribution is 2.25. The predicted molar refractivity (Wildman–Crippen MR) is 105 cm³/mol. The van der Waals surface area contributed by atoms with Crippen LogP contribution < -0.4 is 11.1 Å². The maximum Gasteiger partial charge on any atom is 0.323 e. The number of likely N-dealkylation sites (tertiary alicyclic amines) is 1. The third kappa shape index (κ3) is 3.66. The highest BCUT2D eigenvalue weighted by Gasteiger charge is 2.31. The van der Waals surface area contributed by atoms with Crippen LogP contribution in [0.2, 0.25) is 0 Å². The fourth-order valence-corrected chi connectivity index (χ4v) is 3.25. The molecule has 1 aromatic carbocycles. The Morgan fingerprint density at radius 3 is 2.68 bits per heavy atom. The van der Waals surface area contributed by atoms with Crippen LogP contribution in [0.3, 0.4) is 0 Å². The van der Waals surface area contributed by atoms with Gasteiger partial charge in [-0.2, -0.15) is 0 Å². The number of nitrogens with zero attached hydrogens (tertiary/aromatic N) is 4. The van der Waals surface area contributed by atoms with Gasteiger partial charge in [-0.25, -0.2) is 19.2 Å². The number of hydrogen-bond donors (Lipinski definition) is 2. The Morgan fingerprint density at radius 2 is 2.00 bits per heavy atom. The first-order valence-electron chi connectivity index (χ1n) is 9.04. The molecule has 4 rings (SSSR count). The van der Waals surface area contributed by atoms with Gasteiger partial charge in [0.1, 0.15) is 11.6 Å². The van der Waals surface area contributed by atoms with Crippen molar-refractivity contribution in [3.8, 4) is 11.3 Å². The Kier molecular flexibility index (Phi) is 4.68. The number of nitrogens with one attached hydrogen (secondary N) is 1. The molecule has 7 nitrogen and oxygen atoms in total.